The van der Waals surface area contributed by atoms with Gasteiger partial charge in [0.15, 0.2) is 5.60 Å². The van der Waals surface area contributed by atoms with E-state index in [-0.39, 0.29) is 18.0 Å². The summed E-state index contributed by atoms with van der Waals surface area (Å²) in [5, 5.41) is 10.3. The van der Waals surface area contributed by atoms with Crippen molar-refractivity contribution < 1.29 is 28.9 Å². The summed E-state index contributed by atoms with van der Waals surface area (Å²) >= 11 is 0. The van der Waals surface area contributed by atoms with Crippen molar-refractivity contribution in [1.29, 1.82) is 0 Å². The number of epoxide rings is 1. The lowest BCUT2D eigenvalue weighted by atomic mass is 9.48. The van der Waals surface area contributed by atoms with Crippen LogP contribution in [-0.2, 0) is 23.8 Å². The van der Waals surface area contributed by atoms with Crippen LogP contribution in [0.5, 0.6) is 0 Å². The molecule has 0 amide bonds. The molecule has 22 heavy (non-hydrogen) atoms. The fourth-order valence-electron chi connectivity index (χ4n) is 5.77. The van der Waals surface area contributed by atoms with Gasteiger partial charge < -0.3 is 19.3 Å². The molecule has 5 aliphatic rings. The summed E-state index contributed by atoms with van der Waals surface area (Å²) in [4.78, 5) is 24.3. The van der Waals surface area contributed by atoms with Gasteiger partial charge in [-0.15, -0.1) is 0 Å². The summed E-state index contributed by atoms with van der Waals surface area (Å²) in [6, 6.07) is 0. The zero-order valence-corrected chi connectivity index (χ0v) is 12.5. The Bertz CT molecular complexity index is 655. The Balaban J connectivity index is 1.75. The maximum atomic E-state index is 12.5. The van der Waals surface area contributed by atoms with E-state index < -0.39 is 34.8 Å². The Morgan fingerprint density at radius 1 is 1.18 bits per heavy atom. The van der Waals surface area contributed by atoms with Gasteiger partial charge in [0.2, 0.25) is 6.29 Å². The van der Waals surface area contributed by atoms with E-state index in [1.165, 1.54) is 6.08 Å². The summed E-state index contributed by atoms with van der Waals surface area (Å²) in [6.07, 6.45) is 1.89. The minimum Gasteiger partial charge on any atom is -0.459 e. The smallest absolute Gasteiger partial charge is 0.333 e. The van der Waals surface area contributed by atoms with E-state index in [1.54, 1.807) is 0 Å². The fraction of sp³-hybridized carbons (Fsp3) is 0.750. The maximum absolute atomic E-state index is 12.5. The average Bonchev–Trinajstić information content (AvgIpc) is 3.11. The lowest BCUT2D eigenvalue weighted by Gasteiger charge is -2.53. The van der Waals surface area contributed by atoms with Gasteiger partial charge in [-0.2, -0.15) is 0 Å². The van der Waals surface area contributed by atoms with Crippen LogP contribution in [0.1, 0.15) is 33.1 Å². The Labute approximate surface area is 127 Å². The largest absolute Gasteiger partial charge is 0.459 e. The fourth-order valence-corrected chi connectivity index (χ4v) is 5.77. The number of aliphatic hydroxyl groups excluding tert-OH is 1. The minimum atomic E-state index is -1.32. The van der Waals surface area contributed by atoms with Crippen molar-refractivity contribution in [3.8, 4) is 0 Å². The van der Waals surface area contributed by atoms with Crippen LogP contribution in [0.3, 0.4) is 0 Å². The molecule has 3 aliphatic heterocycles. The summed E-state index contributed by atoms with van der Waals surface area (Å²) < 4.78 is 16.5. The molecule has 0 aromatic rings. The molecular weight excluding hydrogens is 288 g/mol. The van der Waals surface area contributed by atoms with E-state index in [0.717, 1.165) is 24.8 Å². The molecule has 5 rings (SSSR count). The normalized spacial score (nSPS) is 57.9. The molecule has 0 bridgehead atoms. The number of cyclic esters (lactones) is 1. The summed E-state index contributed by atoms with van der Waals surface area (Å²) in [6.45, 7) is 4.03. The molecule has 0 aromatic heterocycles. The molecule has 5 unspecified atom stereocenters. The van der Waals surface area contributed by atoms with Crippen LogP contribution in [0, 0.1) is 16.7 Å². The second kappa shape index (κ2) is 3.41. The zero-order chi connectivity index (χ0) is 15.5. The molecule has 2 saturated carbocycles. The SMILES string of the molecule is CC12CCC[C@]3(C)C4=CC(=O)OC(O)C45OC5[C@@H](OC1=O)C23. The number of carbonyl (C=O) groups is 2. The lowest BCUT2D eigenvalue weighted by molar-refractivity contribution is -0.179. The van der Waals surface area contributed by atoms with Crippen LogP contribution in [0.2, 0.25) is 0 Å². The van der Waals surface area contributed by atoms with Crippen LogP contribution in [0.25, 0.3) is 0 Å². The summed E-state index contributed by atoms with van der Waals surface area (Å²) in [7, 11) is 0. The van der Waals surface area contributed by atoms with Gasteiger partial charge in [0, 0.05) is 12.0 Å². The third kappa shape index (κ3) is 1.12. The molecule has 1 N–H and O–H groups in total. The van der Waals surface area contributed by atoms with Gasteiger partial charge in [0.1, 0.15) is 12.2 Å². The van der Waals surface area contributed by atoms with Gasteiger partial charge in [-0.05, 0) is 30.8 Å². The molecule has 4 fully saturated rings. The van der Waals surface area contributed by atoms with Gasteiger partial charge in [-0.3, -0.25) is 4.79 Å². The first kappa shape index (κ1) is 13.1. The number of hydrogen-bond acceptors (Lipinski definition) is 6. The number of ether oxygens (including phenoxy) is 3. The van der Waals surface area contributed by atoms with Gasteiger partial charge in [-0.1, -0.05) is 13.3 Å². The summed E-state index contributed by atoms with van der Waals surface area (Å²) in [5.74, 6) is -0.745. The van der Waals surface area contributed by atoms with Gasteiger partial charge in [-0.25, -0.2) is 4.79 Å². The van der Waals surface area contributed by atoms with E-state index in [9.17, 15) is 14.7 Å². The maximum Gasteiger partial charge on any atom is 0.333 e. The van der Waals surface area contributed by atoms with Crippen molar-refractivity contribution in [2.45, 2.75) is 57.2 Å². The molecule has 0 radical (unpaired) electrons. The standard InChI is InChI=1S/C16H18O6/c1-14-4-3-5-15(2)10(14)9(21-12(15)18)11-16(22-11)7(14)6-8(17)20-13(16)19/h6,9-11,13,19H,3-5H2,1-2H3/t9-,10?,11?,13?,14+,15?,16?/m0/s1. The van der Waals surface area contributed by atoms with Crippen molar-refractivity contribution in [2.75, 3.05) is 0 Å². The van der Waals surface area contributed by atoms with Gasteiger partial charge in [0.05, 0.1) is 5.41 Å². The van der Waals surface area contributed by atoms with E-state index >= 15 is 0 Å². The Morgan fingerprint density at radius 3 is 2.68 bits per heavy atom. The molecule has 2 saturated heterocycles. The number of carbonyl (C=O) groups excluding carboxylic acids is 2. The second-order valence-electron chi connectivity index (χ2n) is 7.71. The Hall–Kier alpha value is -1.40. The highest BCUT2D eigenvalue weighted by Gasteiger charge is 2.83. The van der Waals surface area contributed by atoms with E-state index in [0.29, 0.717) is 0 Å². The van der Waals surface area contributed by atoms with E-state index in [4.69, 9.17) is 14.2 Å². The first-order valence-corrected chi connectivity index (χ1v) is 7.84. The number of fused-ring (bicyclic) bond motifs is 2. The molecule has 0 aromatic carbocycles. The molecule has 6 nitrogen and oxygen atoms in total. The highest BCUT2D eigenvalue weighted by molar-refractivity contribution is 5.87. The number of rotatable bonds is 0. The molecule has 3 heterocycles. The molecule has 1 spiro atoms. The predicted octanol–water partition coefficient (Wildman–Crippen LogP) is 0.677. The minimum absolute atomic E-state index is 0.0220. The summed E-state index contributed by atoms with van der Waals surface area (Å²) in [5.41, 5.74) is -1.15. The van der Waals surface area contributed by atoms with Crippen LogP contribution < -0.4 is 0 Å². The topological polar surface area (TPSA) is 85.4 Å². The quantitative estimate of drug-likeness (QED) is 0.523. The van der Waals surface area contributed by atoms with Crippen molar-refractivity contribution in [3.05, 3.63) is 11.6 Å². The first-order chi connectivity index (χ1) is 10.3. The number of esters is 2. The highest BCUT2D eigenvalue weighted by Crippen LogP contribution is 2.72. The number of hydrogen-bond donors (Lipinski definition) is 1. The van der Waals surface area contributed by atoms with Crippen LogP contribution in [-0.4, -0.2) is 41.1 Å². The van der Waals surface area contributed by atoms with Crippen molar-refractivity contribution in [2.24, 2.45) is 16.7 Å². The van der Waals surface area contributed by atoms with Crippen molar-refractivity contribution in [1.82, 2.24) is 0 Å². The van der Waals surface area contributed by atoms with Crippen LogP contribution >= 0.6 is 0 Å². The van der Waals surface area contributed by atoms with Crippen molar-refractivity contribution >= 4 is 11.9 Å². The third-order valence-corrected chi connectivity index (χ3v) is 6.68. The van der Waals surface area contributed by atoms with Gasteiger partial charge >= 0.3 is 11.9 Å². The Morgan fingerprint density at radius 2 is 1.91 bits per heavy atom. The lowest BCUT2D eigenvalue weighted by Crippen LogP contribution is -2.59. The first-order valence-electron chi connectivity index (χ1n) is 7.84. The molecule has 7 atom stereocenters. The molecular formula is C16H18O6. The molecule has 118 valence electrons. The Kier molecular flexibility index (Phi) is 2.03. The van der Waals surface area contributed by atoms with Crippen molar-refractivity contribution in [3.63, 3.8) is 0 Å². The molecule has 2 aliphatic carbocycles. The highest BCUT2D eigenvalue weighted by atomic mass is 16.7. The van der Waals surface area contributed by atoms with E-state index in [1.807, 2.05) is 6.92 Å². The number of aliphatic hydroxyl groups is 1. The molecule has 6 heteroatoms. The third-order valence-electron chi connectivity index (χ3n) is 6.68. The van der Waals surface area contributed by atoms with Crippen LogP contribution in [0.4, 0.5) is 0 Å². The average molecular weight is 306 g/mol. The van der Waals surface area contributed by atoms with Gasteiger partial charge in [0.25, 0.3) is 0 Å². The predicted molar refractivity (Wildman–Crippen MR) is 71.2 cm³/mol. The second-order valence-corrected chi connectivity index (χ2v) is 7.71. The monoisotopic (exact) mass is 306 g/mol. The van der Waals surface area contributed by atoms with Crippen LogP contribution in [0.15, 0.2) is 11.6 Å². The van der Waals surface area contributed by atoms with E-state index in [2.05, 4.69) is 6.92 Å². The zero-order valence-electron chi connectivity index (χ0n) is 12.5.